The SMILES string of the molecule is O=C(Nc1cc(F)cc(Oc2ccc3ncc(N4CCNCC4)nc3c2)c1)Nc1ccc(Cl)c(F)c1.O=C(Nc1cc(F)cc(Oc2ccc3ncc(N4CCNCC4)nc3c2)c1)Nc1cccc(C(F)(F)F)c1.O=C(Nc1cccc(F)c1)Nc1cc(F)cc(Oc2ccc3ncc(N4CCNCC4)nc3c2)c1. The smallest absolute Gasteiger partial charge is 0.416 e. The number of carbonyl (C=O) groups excluding carboxylic acids is 3. The van der Waals surface area contributed by atoms with Crippen molar-refractivity contribution >= 4 is 114 Å². The van der Waals surface area contributed by atoms with Crippen LogP contribution in [0.3, 0.4) is 0 Å². The molecule has 3 aromatic heterocycles. The van der Waals surface area contributed by atoms with E-state index in [2.05, 4.69) is 82.5 Å². The second-order valence-corrected chi connectivity index (χ2v) is 25.0. The highest BCUT2D eigenvalue weighted by atomic mass is 35.5. The Morgan fingerprint density at radius 1 is 0.358 bits per heavy atom. The number of benzene rings is 9. The van der Waals surface area contributed by atoms with E-state index >= 15 is 0 Å². The number of anilines is 9. The van der Waals surface area contributed by atoms with Crippen LogP contribution in [0.5, 0.6) is 34.5 Å². The average Bonchev–Trinajstić information content (AvgIpc) is 0.817. The van der Waals surface area contributed by atoms with Crippen LogP contribution in [0.25, 0.3) is 33.1 Å². The van der Waals surface area contributed by atoms with Crippen LogP contribution in [0.4, 0.5) is 101 Å². The monoisotopic (exact) mass is 1510 g/mol. The van der Waals surface area contributed by atoms with Crippen molar-refractivity contribution in [1.82, 2.24) is 45.9 Å². The first-order chi connectivity index (χ1) is 52.7. The lowest BCUT2D eigenvalue weighted by Crippen LogP contribution is -2.43. The van der Waals surface area contributed by atoms with Gasteiger partial charge in [0.15, 0.2) is 0 Å². The highest BCUT2D eigenvalue weighted by Crippen LogP contribution is 2.35. The van der Waals surface area contributed by atoms with Crippen molar-refractivity contribution in [1.29, 1.82) is 0 Å². The number of hydrogen-bond acceptors (Lipinski definition) is 18. The molecule has 33 heteroatoms. The fourth-order valence-electron chi connectivity index (χ4n) is 11.6. The molecule has 0 spiro atoms. The molecule has 9 aromatic carbocycles. The van der Waals surface area contributed by atoms with Gasteiger partial charge in [0.1, 0.15) is 81.0 Å². The summed E-state index contributed by atoms with van der Waals surface area (Å²) in [5.74, 6) is 1.02. The van der Waals surface area contributed by atoms with E-state index in [9.17, 15) is 49.5 Å². The summed E-state index contributed by atoms with van der Waals surface area (Å²) < 4.78 is 126. The van der Waals surface area contributed by atoms with Crippen molar-refractivity contribution in [2.75, 3.05) is 125 Å². The van der Waals surface area contributed by atoms with Crippen molar-refractivity contribution in [3.05, 3.63) is 234 Å². The summed E-state index contributed by atoms with van der Waals surface area (Å²) in [4.78, 5) is 70.9. The van der Waals surface area contributed by atoms with Crippen molar-refractivity contribution < 1.29 is 63.7 Å². The van der Waals surface area contributed by atoms with E-state index in [-0.39, 0.29) is 56.4 Å². The summed E-state index contributed by atoms with van der Waals surface area (Å²) in [5, 5.41) is 24.5. The zero-order chi connectivity index (χ0) is 76.0. The van der Waals surface area contributed by atoms with Crippen molar-refractivity contribution in [3.8, 4) is 34.5 Å². The summed E-state index contributed by atoms with van der Waals surface area (Å²) in [6.07, 6.45) is 0.683. The van der Waals surface area contributed by atoms with Crippen LogP contribution >= 0.6 is 11.6 Å². The number of nitrogens with zero attached hydrogens (tertiary/aromatic N) is 9. The quantitative estimate of drug-likeness (QED) is 0.0432. The molecule has 558 valence electrons. The van der Waals surface area contributed by atoms with Crippen LogP contribution in [0.1, 0.15) is 5.56 Å². The molecule has 6 amide bonds. The lowest BCUT2D eigenvalue weighted by molar-refractivity contribution is -0.137. The molecule has 0 unspecified atom stereocenters. The van der Waals surface area contributed by atoms with Gasteiger partial charge in [-0.2, -0.15) is 13.2 Å². The molecule has 9 N–H and O–H groups in total. The minimum Gasteiger partial charge on any atom is -0.457 e. The topological polar surface area (TPSA) is 274 Å². The van der Waals surface area contributed by atoms with E-state index in [0.717, 1.165) is 138 Å². The molecule has 109 heavy (non-hydrogen) atoms. The van der Waals surface area contributed by atoms with Crippen LogP contribution in [-0.4, -0.2) is 127 Å². The molecule has 0 aliphatic carbocycles. The second-order valence-electron chi connectivity index (χ2n) is 24.6. The fourth-order valence-corrected chi connectivity index (χ4v) is 11.7. The van der Waals surface area contributed by atoms with Gasteiger partial charge in [-0.15, -0.1) is 0 Å². The van der Waals surface area contributed by atoms with E-state index in [4.69, 9.17) is 35.8 Å². The van der Waals surface area contributed by atoms with Crippen molar-refractivity contribution in [3.63, 3.8) is 0 Å². The van der Waals surface area contributed by atoms with Crippen molar-refractivity contribution in [2.45, 2.75) is 6.18 Å². The number of hydrogen-bond donors (Lipinski definition) is 9. The third-order valence-corrected chi connectivity index (χ3v) is 16.9. The first kappa shape index (κ1) is 74.5. The Morgan fingerprint density at radius 2 is 0.697 bits per heavy atom. The average molecular weight is 1510 g/mol. The maximum atomic E-state index is 14.3. The van der Waals surface area contributed by atoms with E-state index in [1.165, 1.54) is 72.8 Å². The summed E-state index contributed by atoms with van der Waals surface area (Å²) in [6, 6.07) is 38.1. The predicted octanol–water partition coefficient (Wildman–Crippen LogP) is 15.8. The number of fused-ring (bicyclic) bond motifs is 3. The largest absolute Gasteiger partial charge is 0.457 e. The second kappa shape index (κ2) is 34.2. The normalized spacial score (nSPS) is 13.6. The Hall–Kier alpha value is -12.8. The number of aromatic nitrogens is 6. The third-order valence-electron chi connectivity index (χ3n) is 16.6. The summed E-state index contributed by atoms with van der Waals surface area (Å²) >= 11 is 5.65. The molecule has 3 fully saturated rings. The Kier molecular flexibility index (Phi) is 23.4. The standard InChI is InChI=1S/C26H22F4N6O2.C25H21ClF2N6O2.C25H22F2N6O2/c27-17-11-19(34-25(37)33-18-3-1-2-16(10-18)26(28,29)30)13-21(12-17)38-20-4-5-22-23(14-20)35-24(15-32-22)36-8-6-31-7-9-36;26-20-3-1-16(12-21(20)28)31-25(35)32-17-9-15(27)10-19(11-17)36-18-2-4-22-23(13-18)33-24(14-30-22)34-7-5-29-6-8-34;26-16-2-1-3-18(10-16)30-25(34)31-19-11-17(27)12-21(13-19)35-20-4-5-22-23(14-20)32-24(15-29-22)33-8-6-28-7-9-33/h1-5,10-15,31H,6-9H2,(H2,33,34,37);1-4,9-14,29H,5-8H2,(H2,31,32,35);1-5,10-15,28H,6-9H2,(H2,30,31,34). The number of alkyl halides is 3. The molecule has 3 aliphatic rings. The maximum Gasteiger partial charge on any atom is 0.416 e. The number of urea groups is 3. The molecule has 6 heterocycles. The van der Waals surface area contributed by atoms with Gasteiger partial charge in [0.25, 0.3) is 0 Å². The third kappa shape index (κ3) is 20.6. The molecule has 0 saturated carbocycles. The molecular weight excluding hydrogens is 1450 g/mol. The number of carbonyl (C=O) groups is 3. The Balaban J connectivity index is 0.000000144. The lowest BCUT2D eigenvalue weighted by atomic mass is 10.2. The highest BCUT2D eigenvalue weighted by Gasteiger charge is 2.31. The van der Waals surface area contributed by atoms with E-state index < -0.39 is 58.9 Å². The summed E-state index contributed by atoms with van der Waals surface area (Å²) in [5.41, 5.74) is 3.87. The minimum absolute atomic E-state index is 0.0473. The van der Waals surface area contributed by atoms with E-state index in [0.29, 0.717) is 50.3 Å². The first-order valence-electron chi connectivity index (χ1n) is 33.9. The zero-order valence-electron chi connectivity index (χ0n) is 57.3. The van der Waals surface area contributed by atoms with Gasteiger partial charge in [0.2, 0.25) is 0 Å². The van der Waals surface area contributed by atoms with Gasteiger partial charge in [0.05, 0.1) is 62.3 Å². The van der Waals surface area contributed by atoms with Crippen LogP contribution in [0.15, 0.2) is 195 Å². The van der Waals surface area contributed by atoms with Crippen molar-refractivity contribution in [2.24, 2.45) is 0 Å². The molecule has 24 nitrogen and oxygen atoms in total. The molecule has 0 radical (unpaired) electrons. The number of halogens is 9. The van der Waals surface area contributed by atoms with Gasteiger partial charge in [0, 0.05) is 167 Å². The Morgan fingerprint density at radius 3 is 1.06 bits per heavy atom. The number of rotatable bonds is 15. The lowest BCUT2D eigenvalue weighted by Gasteiger charge is -2.28. The van der Waals surface area contributed by atoms with Crippen LogP contribution in [0.2, 0.25) is 5.02 Å². The highest BCUT2D eigenvalue weighted by molar-refractivity contribution is 6.30. The van der Waals surface area contributed by atoms with Crippen LogP contribution < -0.4 is 76.8 Å². The van der Waals surface area contributed by atoms with Gasteiger partial charge < -0.3 is 76.8 Å². The fraction of sp³-hybridized carbons (Fsp3) is 0.171. The number of nitrogens with one attached hydrogen (secondary N) is 9. The number of amides is 6. The molecule has 0 atom stereocenters. The minimum atomic E-state index is -4.55. The van der Waals surface area contributed by atoms with Gasteiger partial charge in [-0.3, -0.25) is 15.0 Å². The first-order valence-corrected chi connectivity index (χ1v) is 34.3. The summed E-state index contributed by atoms with van der Waals surface area (Å²) in [7, 11) is 0. The zero-order valence-corrected chi connectivity index (χ0v) is 58.1. The molecule has 0 bridgehead atoms. The van der Waals surface area contributed by atoms with Crippen LogP contribution in [-0.2, 0) is 6.18 Å². The van der Waals surface area contributed by atoms with Crippen LogP contribution in [0, 0.1) is 29.1 Å². The van der Waals surface area contributed by atoms with Gasteiger partial charge in [-0.25, -0.2) is 51.3 Å². The van der Waals surface area contributed by atoms with E-state index in [1.54, 1.807) is 79.3 Å². The molecule has 12 aromatic rings. The van der Waals surface area contributed by atoms with Gasteiger partial charge in [-0.05, 0) is 109 Å². The predicted molar refractivity (Wildman–Crippen MR) is 400 cm³/mol. The molecule has 3 saturated heterocycles. The maximum absolute atomic E-state index is 14.3. The number of piperazine rings is 3. The Labute approximate surface area is 621 Å². The molecule has 3 aliphatic heterocycles. The Bertz CT molecular complexity index is 5310. The number of ether oxygens (including phenoxy) is 3. The van der Waals surface area contributed by atoms with E-state index in [1.807, 2.05) is 0 Å². The molecule has 15 rings (SSSR count). The van der Waals surface area contributed by atoms with Gasteiger partial charge >= 0.3 is 24.3 Å². The summed E-state index contributed by atoms with van der Waals surface area (Å²) in [6.45, 7) is 10.3. The van der Waals surface area contributed by atoms with Gasteiger partial charge in [-0.1, -0.05) is 23.7 Å². The molecular formula is C76H65ClF8N18O6.